The Kier molecular flexibility index (Phi) is 6.04. The van der Waals surface area contributed by atoms with Crippen LogP contribution in [0.4, 0.5) is 17.1 Å². The number of nitro groups is 1. The molecule has 0 atom stereocenters. The Hall–Kier alpha value is -4.07. The summed E-state index contributed by atoms with van der Waals surface area (Å²) in [5, 5.41) is 23.6. The van der Waals surface area contributed by atoms with Gasteiger partial charge in [0.2, 0.25) is 5.84 Å². The van der Waals surface area contributed by atoms with Crippen molar-refractivity contribution in [2.24, 2.45) is 15.3 Å². The normalized spacial score (nSPS) is 11.4. The Labute approximate surface area is 161 Å². The average molecular weight is 375 g/mol. The number of hydrazone groups is 1. The van der Waals surface area contributed by atoms with Crippen LogP contribution in [0.25, 0.3) is 0 Å². The van der Waals surface area contributed by atoms with Gasteiger partial charge in [-0.25, -0.2) is 0 Å². The molecule has 0 heterocycles. The molecule has 0 saturated heterocycles. The highest BCUT2D eigenvalue weighted by atomic mass is 16.6. The molecule has 0 spiro atoms. The van der Waals surface area contributed by atoms with E-state index in [0.29, 0.717) is 17.0 Å². The van der Waals surface area contributed by atoms with Gasteiger partial charge in [-0.1, -0.05) is 18.2 Å². The largest absolute Gasteiger partial charge is 0.497 e. The van der Waals surface area contributed by atoms with Crippen molar-refractivity contribution in [3.8, 4) is 5.75 Å². The highest BCUT2D eigenvalue weighted by Gasteiger charge is 2.08. The standard InChI is InChI=1S/C20H17N5O3/c1-28-19-13-9-17(10-14-19)22-24-20(23-21-16-5-3-2-4-6-16)15-7-11-18(12-8-15)25(26)27/h2-14,21H,1H3/b23-20-,24-22?. The highest BCUT2D eigenvalue weighted by molar-refractivity contribution is 5.99. The van der Waals surface area contributed by atoms with E-state index in [1.165, 1.54) is 12.1 Å². The second-order valence-corrected chi connectivity index (χ2v) is 5.62. The number of hydrogen-bond donors (Lipinski definition) is 1. The van der Waals surface area contributed by atoms with Crippen molar-refractivity contribution in [2.45, 2.75) is 0 Å². The maximum Gasteiger partial charge on any atom is 0.269 e. The number of nitrogens with one attached hydrogen (secondary N) is 1. The first-order valence-corrected chi connectivity index (χ1v) is 8.35. The number of nitrogens with zero attached hydrogens (tertiary/aromatic N) is 4. The lowest BCUT2D eigenvalue weighted by atomic mass is 10.2. The SMILES string of the molecule is COc1ccc(N=N/C(=N\Nc2ccccc2)c2ccc([N+](=O)[O-])cc2)cc1. The molecule has 0 aliphatic heterocycles. The molecule has 0 fully saturated rings. The summed E-state index contributed by atoms with van der Waals surface area (Å²) < 4.78 is 5.12. The van der Waals surface area contributed by atoms with Gasteiger partial charge in [0.05, 0.1) is 23.4 Å². The third-order valence-corrected chi connectivity index (χ3v) is 3.73. The van der Waals surface area contributed by atoms with Crippen LogP contribution in [-0.4, -0.2) is 17.9 Å². The van der Waals surface area contributed by atoms with E-state index in [2.05, 4.69) is 20.8 Å². The van der Waals surface area contributed by atoms with Gasteiger partial charge in [0.1, 0.15) is 5.75 Å². The zero-order valence-electron chi connectivity index (χ0n) is 15.0. The Bertz CT molecular complexity index is 985. The molecule has 0 aliphatic carbocycles. The van der Waals surface area contributed by atoms with Crippen LogP contribution in [0.15, 0.2) is 94.2 Å². The van der Waals surface area contributed by atoms with Gasteiger partial charge in [-0.3, -0.25) is 15.5 Å². The molecular weight excluding hydrogens is 358 g/mol. The summed E-state index contributed by atoms with van der Waals surface area (Å²) in [6.07, 6.45) is 0. The topological polar surface area (TPSA) is 101 Å². The van der Waals surface area contributed by atoms with E-state index < -0.39 is 4.92 Å². The average Bonchev–Trinajstić information content (AvgIpc) is 2.75. The zero-order chi connectivity index (χ0) is 19.8. The molecule has 0 amide bonds. The fourth-order valence-corrected chi connectivity index (χ4v) is 2.26. The van der Waals surface area contributed by atoms with Crippen molar-refractivity contribution >= 4 is 22.9 Å². The van der Waals surface area contributed by atoms with E-state index in [-0.39, 0.29) is 11.5 Å². The first-order valence-electron chi connectivity index (χ1n) is 8.35. The van der Waals surface area contributed by atoms with E-state index in [1.807, 2.05) is 30.3 Å². The number of hydrogen-bond acceptors (Lipinski definition) is 6. The minimum Gasteiger partial charge on any atom is -0.497 e. The molecule has 3 aromatic carbocycles. The summed E-state index contributed by atoms with van der Waals surface area (Å²) in [4.78, 5) is 10.4. The summed E-state index contributed by atoms with van der Waals surface area (Å²) in [6.45, 7) is 0. The van der Waals surface area contributed by atoms with Crippen LogP contribution >= 0.6 is 0 Å². The van der Waals surface area contributed by atoms with Crippen LogP contribution in [0.2, 0.25) is 0 Å². The van der Waals surface area contributed by atoms with Crippen LogP contribution < -0.4 is 10.2 Å². The third-order valence-electron chi connectivity index (χ3n) is 3.73. The van der Waals surface area contributed by atoms with Crippen molar-refractivity contribution in [2.75, 3.05) is 12.5 Å². The van der Waals surface area contributed by atoms with Crippen LogP contribution in [0.5, 0.6) is 5.75 Å². The number of nitro benzene ring substituents is 1. The predicted octanol–water partition coefficient (Wildman–Crippen LogP) is 5.16. The Morgan fingerprint density at radius 2 is 1.64 bits per heavy atom. The number of rotatable bonds is 6. The molecule has 0 bridgehead atoms. The van der Waals surface area contributed by atoms with Gasteiger partial charge in [-0.05, 0) is 48.5 Å². The highest BCUT2D eigenvalue weighted by Crippen LogP contribution is 2.19. The maximum atomic E-state index is 10.9. The fourth-order valence-electron chi connectivity index (χ4n) is 2.26. The van der Waals surface area contributed by atoms with E-state index in [1.54, 1.807) is 43.5 Å². The first kappa shape index (κ1) is 18.7. The van der Waals surface area contributed by atoms with Gasteiger partial charge < -0.3 is 4.74 Å². The molecule has 8 nitrogen and oxygen atoms in total. The van der Waals surface area contributed by atoms with Gasteiger partial charge >= 0.3 is 0 Å². The van der Waals surface area contributed by atoms with E-state index in [0.717, 1.165) is 5.69 Å². The summed E-state index contributed by atoms with van der Waals surface area (Å²) >= 11 is 0. The number of ether oxygens (including phenoxy) is 1. The molecule has 8 heteroatoms. The van der Waals surface area contributed by atoms with Crippen molar-refractivity contribution < 1.29 is 9.66 Å². The minimum atomic E-state index is -0.457. The monoisotopic (exact) mass is 375 g/mol. The number of benzene rings is 3. The second-order valence-electron chi connectivity index (χ2n) is 5.62. The number of para-hydroxylation sites is 1. The molecule has 1 N–H and O–H groups in total. The van der Waals surface area contributed by atoms with E-state index in [9.17, 15) is 10.1 Å². The van der Waals surface area contributed by atoms with Crippen LogP contribution in [0, 0.1) is 10.1 Å². The lowest BCUT2D eigenvalue weighted by Crippen LogP contribution is -2.01. The lowest BCUT2D eigenvalue weighted by Gasteiger charge is -2.03. The molecule has 0 unspecified atom stereocenters. The summed E-state index contributed by atoms with van der Waals surface area (Å²) in [5.74, 6) is 1.00. The van der Waals surface area contributed by atoms with Crippen LogP contribution in [-0.2, 0) is 0 Å². The Morgan fingerprint density at radius 1 is 0.964 bits per heavy atom. The van der Waals surface area contributed by atoms with Gasteiger partial charge in [-0.2, -0.15) is 5.10 Å². The minimum absolute atomic E-state index is 0.00814. The molecule has 3 aromatic rings. The molecule has 28 heavy (non-hydrogen) atoms. The van der Waals surface area contributed by atoms with Gasteiger partial charge in [0.25, 0.3) is 5.69 Å². The molecule has 3 rings (SSSR count). The van der Waals surface area contributed by atoms with Gasteiger partial charge in [0, 0.05) is 17.7 Å². The Balaban J connectivity index is 1.88. The molecule has 0 aromatic heterocycles. The number of non-ortho nitro benzene ring substituents is 1. The van der Waals surface area contributed by atoms with Gasteiger partial charge in [-0.15, -0.1) is 10.2 Å². The lowest BCUT2D eigenvalue weighted by molar-refractivity contribution is -0.384. The van der Waals surface area contributed by atoms with E-state index >= 15 is 0 Å². The molecular formula is C20H17N5O3. The first-order chi connectivity index (χ1) is 13.7. The van der Waals surface area contributed by atoms with Crippen molar-refractivity contribution in [3.05, 3.63) is 94.5 Å². The number of amidine groups is 1. The summed E-state index contributed by atoms with van der Waals surface area (Å²) in [5.41, 5.74) is 4.90. The summed E-state index contributed by atoms with van der Waals surface area (Å²) in [6, 6.07) is 22.4. The molecule has 140 valence electrons. The van der Waals surface area contributed by atoms with Crippen LogP contribution in [0.3, 0.4) is 0 Å². The summed E-state index contributed by atoms with van der Waals surface area (Å²) in [7, 11) is 1.59. The smallest absolute Gasteiger partial charge is 0.269 e. The van der Waals surface area contributed by atoms with Crippen molar-refractivity contribution in [1.82, 2.24) is 0 Å². The maximum absolute atomic E-state index is 10.9. The van der Waals surface area contributed by atoms with Crippen LogP contribution in [0.1, 0.15) is 5.56 Å². The number of methoxy groups -OCH3 is 1. The second kappa shape index (κ2) is 9.04. The molecule has 0 aliphatic rings. The third kappa shape index (κ3) is 4.98. The molecule has 0 saturated carbocycles. The van der Waals surface area contributed by atoms with Gasteiger partial charge in [0.15, 0.2) is 0 Å². The van der Waals surface area contributed by atoms with Crippen molar-refractivity contribution in [3.63, 3.8) is 0 Å². The number of azo groups is 1. The molecule has 0 radical (unpaired) electrons. The van der Waals surface area contributed by atoms with Crippen molar-refractivity contribution in [1.29, 1.82) is 0 Å². The Morgan fingerprint density at radius 3 is 2.25 bits per heavy atom. The zero-order valence-corrected chi connectivity index (χ0v) is 15.0. The predicted molar refractivity (Wildman–Crippen MR) is 107 cm³/mol. The van der Waals surface area contributed by atoms with E-state index in [4.69, 9.17) is 4.74 Å². The quantitative estimate of drug-likeness (QED) is 0.211. The number of anilines is 1. The fraction of sp³-hybridized carbons (Fsp3) is 0.0500.